The van der Waals surface area contributed by atoms with E-state index in [-0.39, 0.29) is 12.0 Å². The molecular formula is C18H23NO2. The van der Waals surface area contributed by atoms with Crippen LogP contribution in [0.25, 0.3) is 0 Å². The van der Waals surface area contributed by atoms with Gasteiger partial charge in [0, 0.05) is 6.04 Å². The zero-order valence-corrected chi connectivity index (χ0v) is 12.6. The molecule has 0 aliphatic rings. The van der Waals surface area contributed by atoms with Gasteiger partial charge in [0.15, 0.2) is 0 Å². The third kappa shape index (κ3) is 4.59. The first-order valence-electron chi connectivity index (χ1n) is 7.33. The molecule has 2 rings (SSSR count). The summed E-state index contributed by atoms with van der Waals surface area (Å²) in [6, 6.07) is 17.5. The van der Waals surface area contributed by atoms with E-state index in [1.54, 1.807) is 0 Å². The second-order valence-corrected chi connectivity index (χ2v) is 5.55. The van der Waals surface area contributed by atoms with Crippen molar-refractivity contribution in [2.45, 2.75) is 38.3 Å². The Morgan fingerprint density at radius 2 is 1.52 bits per heavy atom. The molecule has 2 aromatic carbocycles. The quantitative estimate of drug-likeness (QED) is 0.851. The zero-order valence-electron chi connectivity index (χ0n) is 12.6. The Morgan fingerprint density at radius 3 is 2.10 bits per heavy atom. The molecule has 0 fully saturated rings. The number of aliphatic hydroxyl groups excluding tert-OH is 1. The Bertz CT molecular complexity index is 537. The Labute approximate surface area is 126 Å². The van der Waals surface area contributed by atoms with Crippen LogP contribution in [0.2, 0.25) is 0 Å². The van der Waals surface area contributed by atoms with E-state index in [1.165, 1.54) is 5.56 Å². The lowest BCUT2D eigenvalue weighted by Gasteiger charge is -2.19. The van der Waals surface area contributed by atoms with Gasteiger partial charge in [0.05, 0.1) is 6.10 Å². The van der Waals surface area contributed by atoms with Gasteiger partial charge in [-0.15, -0.1) is 0 Å². The van der Waals surface area contributed by atoms with Gasteiger partial charge in [-0.1, -0.05) is 37.3 Å². The van der Waals surface area contributed by atoms with Crippen molar-refractivity contribution >= 4 is 0 Å². The topological polar surface area (TPSA) is 55.5 Å². The minimum atomic E-state index is -0.472. The molecule has 21 heavy (non-hydrogen) atoms. The summed E-state index contributed by atoms with van der Waals surface area (Å²) in [5, 5.41) is 9.86. The Balaban J connectivity index is 1.98. The number of ether oxygens (including phenoxy) is 1. The van der Waals surface area contributed by atoms with Gasteiger partial charge in [0.25, 0.3) is 0 Å². The van der Waals surface area contributed by atoms with Crippen LogP contribution in [0.15, 0.2) is 54.6 Å². The van der Waals surface area contributed by atoms with Crippen molar-refractivity contribution in [2.75, 3.05) is 0 Å². The summed E-state index contributed by atoms with van der Waals surface area (Å²) in [4.78, 5) is 0. The lowest BCUT2D eigenvalue weighted by molar-refractivity contribution is 0.134. The number of nitrogens with two attached hydrogens (primary N) is 1. The van der Waals surface area contributed by atoms with Crippen LogP contribution in [0, 0.1) is 0 Å². The second-order valence-electron chi connectivity index (χ2n) is 5.55. The molecule has 3 atom stereocenters. The first-order valence-corrected chi connectivity index (χ1v) is 7.33. The lowest BCUT2D eigenvalue weighted by atomic mass is 9.93. The van der Waals surface area contributed by atoms with Crippen molar-refractivity contribution in [1.29, 1.82) is 0 Å². The smallest absolute Gasteiger partial charge is 0.127 e. The summed E-state index contributed by atoms with van der Waals surface area (Å²) in [6.45, 7) is 3.92. The van der Waals surface area contributed by atoms with Crippen LogP contribution >= 0.6 is 0 Å². The number of hydrogen-bond acceptors (Lipinski definition) is 3. The molecule has 0 saturated heterocycles. The van der Waals surface area contributed by atoms with E-state index in [0.717, 1.165) is 11.5 Å². The molecular weight excluding hydrogens is 262 g/mol. The lowest BCUT2D eigenvalue weighted by Crippen LogP contribution is -2.32. The molecule has 3 N–H and O–H groups in total. The van der Waals surface area contributed by atoms with Gasteiger partial charge in [0.2, 0.25) is 0 Å². The summed E-state index contributed by atoms with van der Waals surface area (Å²) in [5.41, 5.74) is 6.88. The van der Waals surface area contributed by atoms with Crippen molar-refractivity contribution in [1.82, 2.24) is 0 Å². The number of benzene rings is 2. The molecule has 0 saturated carbocycles. The second kappa shape index (κ2) is 7.25. The highest BCUT2D eigenvalue weighted by Crippen LogP contribution is 2.26. The van der Waals surface area contributed by atoms with Gasteiger partial charge >= 0.3 is 0 Å². The standard InChI is InChI=1S/C18H23NO2/c1-13(12-18(20)14(2)19)15-8-10-17(11-9-15)21-16-6-4-3-5-7-16/h3-11,13-14,18,20H,12,19H2,1-2H3. The number of rotatable bonds is 6. The van der Waals surface area contributed by atoms with Gasteiger partial charge in [-0.25, -0.2) is 0 Å². The molecule has 0 amide bonds. The number of para-hydroxylation sites is 1. The van der Waals surface area contributed by atoms with E-state index in [0.29, 0.717) is 6.42 Å². The van der Waals surface area contributed by atoms with Crippen molar-refractivity contribution in [2.24, 2.45) is 5.73 Å². The summed E-state index contributed by atoms with van der Waals surface area (Å²) in [7, 11) is 0. The van der Waals surface area contributed by atoms with Crippen LogP contribution in [0.3, 0.4) is 0 Å². The van der Waals surface area contributed by atoms with Crippen LogP contribution in [0.5, 0.6) is 11.5 Å². The van der Waals surface area contributed by atoms with E-state index in [2.05, 4.69) is 6.92 Å². The average Bonchev–Trinajstić information content (AvgIpc) is 2.48. The van der Waals surface area contributed by atoms with Crippen molar-refractivity contribution in [3.8, 4) is 11.5 Å². The van der Waals surface area contributed by atoms with Crippen LogP contribution in [0.4, 0.5) is 0 Å². The van der Waals surface area contributed by atoms with Crippen molar-refractivity contribution in [3.63, 3.8) is 0 Å². The van der Waals surface area contributed by atoms with Gasteiger partial charge < -0.3 is 15.6 Å². The highest BCUT2D eigenvalue weighted by molar-refractivity contribution is 5.33. The van der Waals surface area contributed by atoms with E-state index >= 15 is 0 Å². The molecule has 2 aromatic rings. The van der Waals surface area contributed by atoms with Crippen LogP contribution in [-0.4, -0.2) is 17.3 Å². The molecule has 0 heterocycles. The van der Waals surface area contributed by atoms with Gasteiger partial charge in [-0.2, -0.15) is 0 Å². The fourth-order valence-electron chi connectivity index (χ4n) is 2.20. The Hall–Kier alpha value is -1.84. The minimum Gasteiger partial charge on any atom is -0.457 e. The summed E-state index contributed by atoms with van der Waals surface area (Å²) < 4.78 is 5.76. The van der Waals surface area contributed by atoms with E-state index in [1.807, 2.05) is 61.5 Å². The van der Waals surface area contributed by atoms with Crippen LogP contribution in [-0.2, 0) is 0 Å². The minimum absolute atomic E-state index is 0.201. The molecule has 112 valence electrons. The van der Waals surface area contributed by atoms with Crippen LogP contribution < -0.4 is 10.5 Å². The van der Waals surface area contributed by atoms with E-state index < -0.39 is 6.10 Å². The maximum absolute atomic E-state index is 9.86. The fraction of sp³-hybridized carbons (Fsp3) is 0.333. The molecule has 3 unspecified atom stereocenters. The normalized spacial score (nSPS) is 15.2. The molecule has 0 bridgehead atoms. The van der Waals surface area contributed by atoms with Crippen molar-refractivity contribution in [3.05, 3.63) is 60.2 Å². The van der Waals surface area contributed by atoms with Crippen molar-refractivity contribution < 1.29 is 9.84 Å². The summed E-state index contributed by atoms with van der Waals surface area (Å²) in [5.74, 6) is 1.90. The summed E-state index contributed by atoms with van der Waals surface area (Å²) >= 11 is 0. The number of aliphatic hydroxyl groups is 1. The third-order valence-electron chi connectivity index (χ3n) is 3.63. The predicted octanol–water partition coefficient (Wildman–Crippen LogP) is 3.68. The van der Waals surface area contributed by atoms with Gasteiger partial charge in [-0.3, -0.25) is 0 Å². The predicted molar refractivity (Wildman–Crippen MR) is 85.6 cm³/mol. The highest BCUT2D eigenvalue weighted by atomic mass is 16.5. The number of hydrogen-bond donors (Lipinski definition) is 2. The molecule has 3 heteroatoms. The molecule has 0 aliphatic carbocycles. The Kier molecular flexibility index (Phi) is 5.37. The Morgan fingerprint density at radius 1 is 0.952 bits per heavy atom. The molecule has 0 spiro atoms. The SMILES string of the molecule is CC(CC(O)C(C)N)c1ccc(Oc2ccccc2)cc1. The van der Waals surface area contributed by atoms with E-state index in [4.69, 9.17) is 10.5 Å². The summed E-state index contributed by atoms with van der Waals surface area (Å²) in [6.07, 6.45) is 0.191. The highest BCUT2D eigenvalue weighted by Gasteiger charge is 2.15. The molecule has 3 nitrogen and oxygen atoms in total. The monoisotopic (exact) mass is 285 g/mol. The third-order valence-corrected chi connectivity index (χ3v) is 3.63. The maximum atomic E-state index is 9.86. The first-order chi connectivity index (χ1) is 10.1. The average molecular weight is 285 g/mol. The first kappa shape index (κ1) is 15.5. The molecule has 0 aliphatic heterocycles. The molecule has 0 radical (unpaired) electrons. The largest absolute Gasteiger partial charge is 0.457 e. The molecule has 0 aromatic heterocycles. The maximum Gasteiger partial charge on any atom is 0.127 e. The van der Waals surface area contributed by atoms with E-state index in [9.17, 15) is 5.11 Å². The zero-order chi connectivity index (χ0) is 15.2. The van der Waals surface area contributed by atoms with Gasteiger partial charge in [0.1, 0.15) is 11.5 Å². The van der Waals surface area contributed by atoms with Crippen LogP contribution in [0.1, 0.15) is 31.7 Å². The van der Waals surface area contributed by atoms with Gasteiger partial charge in [-0.05, 0) is 49.1 Å². The fourth-order valence-corrected chi connectivity index (χ4v) is 2.20.